The third kappa shape index (κ3) is 5.45. The Labute approximate surface area is 195 Å². The summed E-state index contributed by atoms with van der Waals surface area (Å²) < 4.78 is 4.69. The van der Waals surface area contributed by atoms with Gasteiger partial charge in [-0.05, 0) is 44.4 Å². The first-order chi connectivity index (χ1) is 15.9. The van der Waals surface area contributed by atoms with Crippen molar-refractivity contribution in [2.75, 3.05) is 36.5 Å². The summed E-state index contributed by atoms with van der Waals surface area (Å²) in [7, 11) is 1.33. The van der Waals surface area contributed by atoms with Crippen molar-refractivity contribution in [1.29, 1.82) is 0 Å². The molecular formula is C25H32N6O2. The summed E-state index contributed by atoms with van der Waals surface area (Å²) in [5.74, 6) is 1.18. The second-order valence-electron chi connectivity index (χ2n) is 8.11. The lowest BCUT2D eigenvalue weighted by molar-refractivity contribution is 0.0593. The molecule has 1 atom stereocenters. The summed E-state index contributed by atoms with van der Waals surface area (Å²) in [6.07, 6.45) is 11.7. The minimum Gasteiger partial charge on any atom is -0.464 e. The number of allylic oxidation sites excluding steroid dienone is 5. The second kappa shape index (κ2) is 10.8. The van der Waals surface area contributed by atoms with Crippen LogP contribution in [-0.4, -0.2) is 58.9 Å². The number of ether oxygens (including phenoxy) is 1. The highest BCUT2D eigenvalue weighted by Crippen LogP contribution is 2.26. The summed E-state index contributed by atoms with van der Waals surface area (Å²) in [5.41, 5.74) is 4.60. The lowest BCUT2D eigenvalue weighted by Gasteiger charge is -2.41. The van der Waals surface area contributed by atoms with Crippen LogP contribution >= 0.6 is 0 Å². The average molecular weight is 449 g/mol. The summed E-state index contributed by atoms with van der Waals surface area (Å²) >= 11 is 0. The highest BCUT2D eigenvalue weighted by Gasteiger charge is 2.27. The summed E-state index contributed by atoms with van der Waals surface area (Å²) in [4.78, 5) is 24.7. The molecule has 1 aliphatic rings. The number of nitrogens with zero attached hydrogens (tertiary/aromatic N) is 6. The summed E-state index contributed by atoms with van der Waals surface area (Å²) in [5, 5.41) is 9.16. The standard InChI is InChI=1S/C25H32N6O2/c1-7-9-10-20(8-2)13-21-18(4)19(5)24(29-28-21)30-11-12-31(17(3)16-30)23-15-26-22(14-27-23)25(32)33-6/h7-10,14-15,17H,2,11-13,16H2,1,3-6H3/b9-7-,20-10+/t17-/m1/s1. The van der Waals surface area contributed by atoms with E-state index in [0.29, 0.717) is 6.42 Å². The zero-order valence-electron chi connectivity index (χ0n) is 20.1. The first-order valence-corrected chi connectivity index (χ1v) is 11.1. The number of methoxy groups -OCH3 is 1. The number of carbonyl (C=O) groups excluding carboxylic acids is 1. The van der Waals surface area contributed by atoms with Gasteiger partial charge < -0.3 is 14.5 Å². The van der Waals surface area contributed by atoms with Crippen LogP contribution in [0, 0.1) is 13.8 Å². The van der Waals surface area contributed by atoms with Crippen molar-refractivity contribution in [1.82, 2.24) is 20.2 Å². The fourth-order valence-electron chi connectivity index (χ4n) is 3.89. The molecule has 0 saturated carbocycles. The molecule has 33 heavy (non-hydrogen) atoms. The SMILES string of the molecule is C=C/C(=C\C=C/C)Cc1nnc(N2CCN(c3cnc(C(=O)OC)cn3)[C@H](C)C2)c(C)c1C. The van der Waals surface area contributed by atoms with E-state index in [1.807, 2.05) is 25.2 Å². The Morgan fingerprint density at radius 2 is 2.00 bits per heavy atom. The molecule has 0 aliphatic carbocycles. The van der Waals surface area contributed by atoms with Crippen LogP contribution in [0.15, 0.2) is 48.8 Å². The molecule has 0 N–H and O–H groups in total. The predicted octanol–water partition coefficient (Wildman–Crippen LogP) is 3.62. The quantitative estimate of drug-likeness (QED) is 0.469. The van der Waals surface area contributed by atoms with Crippen molar-refractivity contribution < 1.29 is 9.53 Å². The number of hydrogen-bond donors (Lipinski definition) is 0. The molecule has 1 aliphatic heterocycles. The Morgan fingerprint density at radius 1 is 1.21 bits per heavy atom. The van der Waals surface area contributed by atoms with E-state index >= 15 is 0 Å². The zero-order chi connectivity index (χ0) is 24.0. The molecule has 0 radical (unpaired) electrons. The third-order valence-electron chi connectivity index (χ3n) is 5.99. The van der Waals surface area contributed by atoms with Crippen LogP contribution in [-0.2, 0) is 11.2 Å². The Kier molecular flexibility index (Phi) is 7.92. The first-order valence-electron chi connectivity index (χ1n) is 11.1. The molecule has 1 saturated heterocycles. The van der Waals surface area contributed by atoms with Crippen molar-refractivity contribution in [2.24, 2.45) is 0 Å². The van der Waals surface area contributed by atoms with Crippen molar-refractivity contribution in [3.63, 3.8) is 0 Å². The van der Waals surface area contributed by atoms with E-state index in [9.17, 15) is 4.79 Å². The van der Waals surface area contributed by atoms with Gasteiger partial charge in [0.2, 0.25) is 0 Å². The van der Waals surface area contributed by atoms with E-state index in [2.05, 4.69) is 63.4 Å². The number of esters is 1. The van der Waals surface area contributed by atoms with Crippen LogP contribution in [0.2, 0.25) is 0 Å². The monoisotopic (exact) mass is 448 g/mol. The fraction of sp³-hybridized carbons (Fsp3) is 0.400. The van der Waals surface area contributed by atoms with E-state index < -0.39 is 5.97 Å². The van der Waals surface area contributed by atoms with E-state index in [1.54, 1.807) is 6.20 Å². The van der Waals surface area contributed by atoms with E-state index in [4.69, 9.17) is 4.74 Å². The van der Waals surface area contributed by atoms with Crippen LogP contribution in [0.4, 0.5) is 11.6 Å². The van der Waals surface area contributed by atoms with Crippen LogP contribution in [0.1, 0.15) is 41.2 Å². The maximum Gasteiger partial charge on any atom is 0.358 e. The molecule has 0 bridgehead atoms. The fourth-order valence-corrected chi connectivity index (χ4v) is 3.89. The third-order valence-corrected chi connectivity index (χ3v) is 5.99. The molecule has 0 aromatic carbocycles. The Hall–Kier alpha value is -3.55. The van der Waals surface area contributed by atoms with Crippen molar-refractivity contribution in [3.05, 3.63) is 71.4 Å². The lowest BCUT2D eigenvalue weighted by Crippen LogP contribution is -2.53. The largest absolute Gasteiger partial charge is 0.464 e. The van der Waals surface area contributed by atoms with Crippen LogP contribution < -0.4 is 9.80 Å². The van der Waals surface area contributed by atoms with Crippen molar-refractivity contribution in [2.45, 2.75) is 40.2 Å². The predicted molar refractivity (Wildman–Crippen MR) is 131 cm³/mol. The Balaban J connectivity index is 1.73. The minimum atomic E-state index is -0.489. The molecule has 8 heteroatoms. The van der Waals surface area contributed by atoms with Gasteiger partial charge in [0.25, 0.3) is 0 Å². The number of piperazine rings is 1. The van der Waals surface area contributed by atoms with Gasteiger partial charge in [0.15, 0.2) is 11.5 Å². The minimum absolute atomic E-state index is 0.189. The first kappa shape index (κ1) is 24.1. The van der Waals surface area contributed by atoms with E-state index in [-0.39, 0.29) is 11.7 Å². The second-order valence-corrected chi connectivity index (χ2v) is 8.11. The molecule has 3 heterocycles. The number of carbonyl (C=O) groups is 1. The zero-order valence-corrected chi connectivity index (χ0v) is 20.1. The average Bonchev–Trinajstić information content (AvgIpc) is 2.84. The summed E-state index contributed by atoms with van der Waals surface area (Å²) in [6, 6.07) is 0.189. The Morgan fingerprint density at radius 3 is 2.61 bits per heavy atom. The van der Waals surface area contributed by atoms with Gasteiger partial charge >= 0.3 is 5.97 Å². The highest BCUT2D eigenvalue weighted by atomic mass is 16.5. The molecular weight excluding hydrogens is 416 g/mol. The van der Waals surface area contributed by atoms with E-state index in [0.717, 1.165) is 53.7 Å². The van der Waals surface area contributed by atoms with Gasteiger partial charge in [0.05, 0.1) is 25.2 Å². The molecule has 1 fully saturated rings. The molecule has 0 spiro atoms. The normalized spacial score (nSPS) is 16.9. The van der Waals surface area contributed by atoms with Crippen molar-refractivity contribution >= 4 is 17.6 Å². The molecule has 0 unspecified atom stereocenters. The summed E-state index contributed by atoms with van der Waals surface area (Å²) in [6.45, 7) is 14.6. The lowest BCUT2D eigenvalue weighted by atomic mass is 10.0. The highest BCUT2D eigenvalue weighted by molar-refractivity contribution is 5.86. The molecule has 3 rings (SSSR count). The van der Waals surface area contributed by atoms with Gasteiger partial charge in [-0.2, -0.15) is 5.10 Å². The van der Waals surface area contributed by atoms with Gasteiger partial charge in [0.1, 0.15) is 5.82 Å². The molecule has 8 nitrogen and oxygen atoms in total. The maximum atomic E-state index is 11.6. The van der Waals surface area contributed by atoms with Crippen molar-refractivity contribution in [3.8, 4) is 0 Å². The molecule has 0 amide bonds. The number of rotatable bonds is 7. The van der Waals surface area contributed by atoms with Gasteiger partial charge in [-0.15, -0.1) is 5.10 Å². The number of aromatic nitrogens is 4. The topological polar surface area (TPSA) is 84.3 Å². The van der Waals surface area contributed by atoms with Gasteiger partial charge in [-0.3, -0.25) is 0 Å². The molecule has 2 aromatic heterocycles. The molecule has 2 aromatic rings. The maximum absolute atomic E-state index is 11.6. The van der Waals surface area contributed by atoms with E-state index in [1.165, 1.54) is 13.3 Å². The van der Waals surface area contributed by atoms with Gasteiger partial charge in [-0.1, -0.05) is 30.9 Å². The van der Waals surface area contributed by atoms with Crippen LogP contribution in [0.25, 0.3) is 0 Å². The number of anilines is 2. The Bertz CT molecular complexity index is 1060. The van der Waals surface area contributed by atoms with Gasteiger partial charge in [-0.25, -0.2) is 14.8 Å². The smallest absolute Gasteiger partial charge is 0.358 e. The van der Waals surface area contributed by atoms with Crippen LogP contribution in [0.3, 0.4) is 0 Å². The molecule has 174 valence electrons. The number of hydrogen-bond acceptors (Lipinski definition) is 8. The van der Waals surface area contributed by atoms with Crippen LogP contribution in [0.5, 0.6) is 0 Å². The van der Waals surface area contributed by atoms with Gasteiger partial charge in [0, 0.05) is 32.1 Å².